The summed E-state index contributed by atoms with van der Waals surface area (Å²) in [5.41, 5.74) is 5.41. The van der Waals surface area contributed by atoms with E-state index in [0.717, 1.165) is 78.5 Å². The Morgan fingerprint density at radius 1 is 0.909 bits per heavy atom. The second-order valence-corrected chi connectivity index (χ2v) is 15.0. The second kappa shape index (κ2) is 16.8. The van der Waals surface area contributed by atoms with Crippen LogP contribution in [-0.4, -0.2) is 81.3 Å². The van der Waals surface area contributed by atoms with Crippen LogP contribution in [0.2, 0.25) is 0 Å². The average Bonchev–Trinajstić information content (AvgIpc) is 3.95. The summed E-state index contributed by atoms with van der Waals surface area (Å²) in [6, 6.07) is 16.7. The van der Waals surface area contributed by atoms with E-state index in [-0.39, 0.29) is 24.7 Å². The second-order valence-electron chi connectivity index (χ2n) is 15.0. The lowest BCUT2D eigenvalue weighted by Gasteiger charge is -2.34. The predicted octanol–water partition coefficient (Wildman–Crippen LogP) is 5.33. The zero-order valence-corrected chi connectivity index (χ0v) is 31.7. The molecule has 13 heteroatoms. The van der Waals surface area contributed by atoms with Crippen molar-refractivity contribution in [2.45, 2.75) is 96.1 Å². The van der Waals surface area contributed by atoms with E-state index in [2.05, 4.69) is 43.9 Å². The van der Waals surface area contributed by atoms with E-state index >= 15 is 0 Å². The fourth-order valence-electron chi connectivity index (χ4n) is 8.33. The van der Waals surface area contributed by atoms with Gasteiger partial charge in [-0.1, -0.05) is 38.3 Å². The van der Waals surface area contributed by atoms with Gasteiger partial charge in [0.05, 0.1) is 17.3 Å². The molecule has 4 aliphatic rings. The van der Waals surface area contributed by atoms with E-state index in [0.29, 0.717) is 35.1 Å². The molecule has 3 N–H and O–H groups in total. The van der Waals surface area contributed by atoms with Crippen LogP contribution in [0.15, 0.2) is 60.8 Å². The molecule has 13 nitrogen and oxygen atoms in total. The van der Waals surface area contributed by atoms with Gasteiger partial charge >= 0.3 is 0 Å². The third-order valence-corrected chi connectivity index (χ3v) is 11.3. The molecule has 2 aromatic heterocycles. The van der Waals surface area contributed by atoms with E-state index in [1.165, 1.54) is 25.7 Å². The van der Waals surface area contributed by atoms with Crippen LogP contribution in [-0.2, 0) is 22.4 Å². The van der Waals surface area contributed by atoms with Crippen LogP contribution in [0.1, 0.15) is 113 Å². The molecule has 2 aromatic carbocycles. The summed E-state index contributed by atoms with van der Waals surface area (Å²) in [6.07, 6.45) is 13.1. The molecule has 5 amide bonds. The quantitative estimate of drug-likeness (QED) is 0.183. The number of piperidine rings is 2. The summed E-state index contributed by atoms with van der Waals surface area (Å²) in [6.45, 7) is 4.02. The normalized spacial score (nSPS) is 19.0. The number of anilines is 2. The van der Waals surface area contributed by atoms with Crippen molar-refractivity contribution in [3.8, 4) is 0 Å². The first-order chi connectivity index (χ1) is 26.7. The molecule has 8 rings (SSSR count). The Labute approximate surface area is 321 Å². The summed E-state index contributed by atoms with van der Waals surface area (Å²) in [5.74, 6) is -0.394. The highest BCUT2D eigenvalue weighted by atomic mass is 16.2. The number of fused-ring (bicyclic) bond motifs is 2. The maximum absolute atomic E-state index is 13.3. The highest BCUT2D eigenvalue weighted by Crippen LogP contribution is 2.33. The minimum atomic E-state index is -0.951. The smallest absolute Gasteiger partial charge is 0.262 e. The Hall–Kier alpha value is -5.59. The van der Waals surface area contributed by atoms with Crippen LogP contribution in [0.25, 0.3) is 5.65 Å². The van der Waals surface area contributed by atoms with E-state index in [9.17, 15) is 24.0 Å². The standard InChI is InChI=1S/C28H30N4O5.C14H20N4/c1-29-25(34)19-7-9-20(10-8-19)31-15-13-17(14-16-31)5-6-18-3-2-4-21-24(18)28(37)32(27(21)36)22-11-12-23(33)30-26(22)35;1-2-5-12-10-14(16-11-6-3-4-7-11)18-13(17-12)8-9-15-18/h2-4,7-10,17,22H,5-6,11-16H2,1H3,(H,29,34)(H,30,33,35);8-11,16H,2-7H2,1H3. The van der Waals surface area contributed by atoms with Crippen molar-refractivity contribution in [1.82, 2.24) is 30.1 Å². The van der Waals surface area contributed by atoms with Crippen molar-refractivity contribution in [1.29, 1.82) is 0 Å². The first-order valence-corrected chi connectivity index (χ1v) is 19.7. The van der Waals surface area contributed by atoms with E-state index in [1.54, 1.807) is 19.2 Å². The fraction of sp³-hybridized carbons (Fsp3) is 0.452. The van der Waals surface area contributed by atoms with Crippen molar-refractivity contribution < 1.29 is 24.0 Å². The van der Waals surface area contributed by atoms with Gasteiger partial charge in [-0.05, 0) is 93.2 Å². The minimum absolute atomic E-state index is 0.0990. The molecule has 55 heavy (non-hydrogen) atoms. The number of aryl methyl sites for hydroxylation is 2. The first-order valence-electron chi connectivity index (χ1n) is 19.7. The number of carbonyl (C=O) groups excluding carboxylic acids is 5. The molecule has 0 spiro atoms. The van der Waals surface area contributed by atoms with Gasteiger partial charge in [-0.3, -0.25) is 34.2 Å². The molecule has 3 aliphatic heterocycles. The van der Waals surface area contributed by atoms with Gasteiger partial charge in [-0.15, -0.1) is 0 Å². The number of nitrogens with zero attached hydrogens (tertiary/aromatic N) is 5. The molecule has 0 bridgehead atoms. The number of benzene rings is 2. The van der Waals surface area contributed by atoms with Gasteiger partial charge in [0.2, 0.25) is 11.8 Å². The molecule has 1 aliphatic carbocycles. The molecule has 1 atom stereocenters. The summed E-state index contributed by atoms with van der Waals surface area (Å²) < 4.78 is 1.91. The summed E-state index contributed by atoms with van der Waals surface area (Å²) in [4.78, 5) is 70.0. The number of amides is 5. The van der Waals surface area contributed by atoms with Gasteiger partial charge in [0, 0.05) is 61.7 Å². The van der Waals surface area contributed by atoms with Crippen molar-refractivity contribution in [3.63, 3.8) is 0 Å². The lowest BCUT2D eigenvalue weighted by atomic mass is 9.88. The number of hydrogen-bond donors (Lipinski definition) is 3. The Morgan fingerprint density at radius 3 is 2.38 bits per heavy atom. The molecule has 1 unspecified atom stereocenters. The third kappa shape index (κ3) is 8.25. The van der Waals surface area contributed by atoms with Crippen molar-refractivity contribution >= 4 is 46.7 Å². The van der Waals surface area contributed by atoms with Gasteiger partial charge in [0.25, 0.3) is 17.7 Å². The van der Waals surface area contributed by atoms with Crippen molar-refractivity contribution in [2.24, 2.45) is 5.92 Å². The van der Waals surface area contributed by atoms with E-state index in [1.807, 2.05) is 47.1 Å². The van der Waals surface area contributed by atoms with Gasteiger partial charge < -0.3 is 15.5 Å². The number of aromatic nitrogens is 3. The number of imide groups is 2. The highest BCUT2D eigenvalue weighted by Gasteiger charge is 2.45. The number of rotatable bonds is 10. The molecule has 5 heterocycles. The monoisotopic (exact) mass is 746 g/mol. The van der Waals surface area contributed by atoms with E-state index in [4.69, 9.17) is 0 Å². The first kappa shape index (κ1) is 37.7. The zero-order chi connectivity index (χ0) is 38.5. The van der Waals surface area contributed by atoms with Crippen LogP contribution in [0.3, 0.4) is 0 Å². The van der Waals surface area contributed by atoms with E-state index < -0.39 is 23.8 Å². The maximum atomic E-state index is 13.3. The third-order valence-electron chi connectivity index (χ3n) is 11.3. The molecule has 1 saturated carbocycles. The summed E-state index contributed by atoms with van der Waals surface area (Å²) >= 11 is 0. The maximum Gasteiger partial charge on any atom is 0.262 e. The molecular formula is C42H50N8O5. The van der Waals surface area contributed by atoms with Crippen LogP contribution in [0.5, 0.6) is 0 Å². The number of hydrogen-bond acceptors (Lipinski definition) is 9. The van der Waals surface area contributed by atoms with Crippen molar-refractivity contribution in [3.05, 3.63) is 88.7 Å². The van der Waals surface area contributed by atoms with Gasteiger partial charge in [-0.2, -0.15) is 9.61 Å². The highest BCUT2D eigenvalue weighted by molar-refractivity contribution is 6.24. The van der Waals surface area contributed by atoms with Gasteiger partial charge in [0.1, 0.15) is 11.9 Å². The predicted molar refractivity (Wildman–Crippen MR) is 209 cm³/mol. The molecule has 288 valence electrons. The molecule has 0 radical (unpaired) electrons. The molecule has 4 aromatic rings. The zero-order valence-electron chi connectivity index (χ0n) is 31.7. The fourth-order valence-corrected chi connectivity index (χ4v) is 8.33. The van der Waals surface area contributed by atoms with Crippen LogP contribution in [0.4, 0.5) is 11.5 Å². The number of carbonyl (C=O) groups is 5. The lowest BCUT2D eigenvalue weighted by Crippen LogP contribution is -2.54. The number of nitrogens with one attached hydrogen (secondary N) is 3. The van der Waals surface area contributed by atoms with Crippen LogP contribution in [0, 0.1) is 5.92 Å². The molecule has 2 saturated heterocycles. The Balaban J connectivity index is 0.000000215. The lowest BCUT2D eigenvalue weighted by molar-refractivity contribution is -0.136. The molecular weight excluding hydrogens is 697 g/mol. The Kier molecular flexibility index (Phi) is 11.5. The van der Waals surface area contributed by atoms with Gasteiger partial charge in [0.15, 0.2) is 5.65 Å². The Bertz CT molecular complexity index is 2060. The minimum Gasteiger partial charge on any atom is -0.372 e. The SMILES string of the molecule is CCCc1cc(NC2CCCC2)n2nccc2n1.CNC(=O)c1ccc(N2CCC(CCc3cccc4c3C(=O)N(C3CCC(=O)NC3=O)C4=O)CC2)cc1. The van der Waals surface area contributed by atoms with Crippen LogP contribution >= 0.6 is 0 Å². The topological polar surface area (TPSA) is 158 Å². The largest absolute Gasteiger partial charge is 0.372 e. The summed E-state index contributed by atoms with van der Waals surface area (Å²) in [5, 5.41) is 12.9. The Morgan fingerprint density at radius 2 is 1.67 bits per heavy atom. The van der Waals surface area contributed by atoms with Crippen molar-refractivity contribution in [2.75, 3.05) is 30.4 Å². The summed E-state index contributed by atoms with van der Waals surface area (Å²) in [7, 11) is 1.62. The van der Waals surface area contributed by atoms with Crippen LogP contribution < -0.4 is 20.9 Å². The molecule has 3 fully saturated rings. The van der Waals surface area contributed by atoms with Gasteiger partial charge in [-0.25, -0.2) is 4.98 Å². The average molecular weight is 747 g/mol.